The predicted molar refractivity (Wildman–Crippen MR) is 114 cm³/mol. The Labute approximate surface area is 166 Å². The molecule has 3 fully saturated rings. The molecule has 3 nitrogen and oxygen atoms in total. The fourth-order valence-electron chi connectivity index (χ4n) is 5.68. The zero-order chi connectivity index (χ0) is 18.3. The first-order valence-corrected chi connectivity index (χ1v) is 11.6. The summed E-state index contributed by atoms with van der Waals surface area (Å²) in [5.74, 6) is 1.84. The average Bonchev–Trinajstić information content (AvgIpc) is 2.73. The Bertz CT molecular complexity index is 536. The van der Waals surface area contributed by atoms with Gasteiger partial charge in [-0.1, -0.05) is 36.8 Å². The maximum Gasteiger partial charge on any atom is 0.0233 e. The van der Waals surface area contributed by atoms with Gasteiger partial charge in [0.15, 0.2) is 0 Å². The molecule has 0 saturated carbocycles. The van der Waals surface area contributed by atoms with E-state index in [2.05, 4.69) is 45.4 Å². The number of hydrogen-bond donors (Lipinski definition) is 1. The summed E-state index contributed by atoms with van der Waals surface area (Å²) in [5, 5.41) is 3.85. The van der Waals surface area contributed by atoms with Crippen molar-refractivity contribution in [2.75, 3.05) is 39.3 Å². The van der Waals surface area contributed by atoms with Crippen LogP contribution in [0.2, 0.25) is 0 Å². The number of benzene rings is 1. The van der Waals surface area contributed by atoms with E-state index < -0.39 is 0 Å². The second-order valence-corrected chi connectivity index (χ2v) is 9.20. The highest BCUT2D eigenvalue weighted by molar-refractivity contribution is 5.14. The third-order valence-electron chi connectivity index (χ3n) is 7.32. The van der Waals surface area contributed by atoms with E-state index in [1.165, 1.54) is 96.2 Å². The highest BCUT2D eigenvalue weighted by Crippen LogP contribution is 2.30. The van der Waals surface area contributed by atoms with Crippen LogP contribution in [0.1, 0.15) is 56.9 Å². The summed E-state index contributed by atoms with van der Waals surface area (Å²) in [6.45, 7) is 8.90. The van der Waals surface area contributed by atoms with Crippen LogP contribution < -0.4 is 5.32 Å². The molecule has 3 aliphatic rings. The standard InChI is InChI=1S/C24H39N3/c1-2-7-22(8-3-1)20-26-17-12-21(13-18-26)11-14-25-19-23-9-6-16-27-15-5-4-10-24(23)27/h1-3,7-8,21,23-25H,4-6,9-20H2/t23-,24+/m0/s1. The summed E-state index contributed by atoms with van der Waals surface area (Å²) in [7, 11) is 0. The zero-order valence-electron chi connectivity index (χ0n) is 17.1. The van der Waals surface area contributed by atoms with Gasteiger partial charge in [-0.25, -0.2) is 0 Å². The molecule has 0 amide bonds. The molecule has 1 N–H and O–H groups in total. The van der Waals surface area contributed by atoms with Crippen LogP contribution in [0, 0.1) is 11.8 Å². The van der Waals surface area contributed by atoms with Crippen molar-refractivity contribution in [2.45, 2.75) is 64.0 Å². The lowest BCUT2D eigenvalue weighted by molar-refractivity contribution is 0.0592. The number of hydrogen-bond acceptors (Lipinski definition) is 3. The molecule has 1 aromatic rings. The molecule has 0 aromatic heterocycles. The number of rotatable bonds is 7. The zero-order valence-corrected chi connectivity index (χ0v) is 17.1. The molecule has 0 spiro atoms. The predicted octanol–water partition coefficient (Wildman–Crippen LogP) is 4.14. The van der Waals surface area contributed by atoms with Crippen LogP contribution in [0.15, 0.2) is 30.3 Å². The van der Waals surface area contributed by atoms with Crippen molar-refractivity contribution in [3.05, 3.63) is 35.9 Å². The first-order chi connectivity index (χ1) is 13.4. The number of fused-ring (bicyclic) bond motifs is 1. The SMILES string of the molecule is c1ccc(CN2CCC(CCNC[C@@H]3CCCN4CCCC[C@H]34)CC2)cc1. The Morgan fingerprint density at radius 2 is 1.67 bits per heavy atom. The van der Waals surface area contributed by atoms with Crippen molar-refractivity contribution < 1.29 is 0 Å². The Hall–Kier alpha value is -0.900. The van der Waals surface area contributed by atoms with Crippen molar-refractivity contribution in [3.63, 3.8) is 0 Å². The lowest BCUT2D eigenvalue weighted by Gasteiger charge is -2.44. The Balaban J connectivity index is 1.11. The minimum Gasteiger partial charge on any atom is -0.316 e. The lowest BCUT2D eigenvalue weighted by atomic mass is 9.83. The minimum absolute atomic E-state index is 0.890. The van der Waals surface area contributed by atoms with Crippen molar-refractivity contribution in [1.29, 1.82) is 0 Å². The highest BCUT2D eigenvalue weighted by Gasteiger charge is 2.32. The maximum absolute atomic E-state index is 3.85. The summed E-state index contributed by atoms with van der Waals surface area (Å²) in [6.07, 6.45) is 11.3. The molecule has 4 rings (SSSR count). The van der Waals surface area contributed by atoms with Gasteiger partial charge in [0.25, 0.3) is 0 Å². The van der Waals surface area contributed by atoms with E-state index in [0.717, 1.165) is 24.4 Å². The molecule has 1 aromatic carbocycles. The van der Waals surface area contributed by atoms with Crippen LogP contribution in [0.25, 0.3) is 0 Å². The summed E-state index contributed by atoms with van der Waals surface area (Å²) < 4.78 is 0. The van der Waals surface area contributed by atoms with Crippen LogP contribution in [0.3, 0.4) is 0 Å². The van der Waals surface area contributed by atoms with Gasteiger partial charge in [-0.3, -0.25) is 4.90 Å². The Morgan fingerprint density at radius 1 is 0.852 bits per heavy atom. The number of likely N-dealkylation sites (tertiary alicyclic amines) is 1. The topological polar surface area (TPSA) is 18.5 Å². The molecule has 3 aliphatic heterocycles. The first-order valence-electron chi connectivity index (χ1n) is 11.6. The Kier molecular flexibility index (Phi) is 7.22. The van der Waals surface area contributed by atoms with Gasteiger partial charge in [0.1, 0.15) is 0 Å². The minimum atomic E-state index is 0.890. The normalized spacial score (nSPS) is 28.1. The van der Waals surface area contributed by atoms with E-state index in [1.807, 2.05) is 0 Å². The third-order valence-corrected chi connectivity index (χ3v) is 7.32. The van der Waals surface area contributed by atoms with Gasteiger partial charge in [0.05, 0.1) is 0 Å². The summed E-state index contributed by atoms with van der Waals surface area (Å²) in [4.78, 5) is 5.43. The second kappa shape index (κ2) is 10.0. The fraction of sp³-hybridized carbons (Fsp3) is 0.750. The van der Waals surface area contributed by atoms with Crippen LogP contribution in [0.5, 0.6) is 0 Å². The van der Waals surface area contributed by atoms with E-state index in [9.17, 15) is 0 Å². The van der Waals surface area contributed by atoms with Crippen molar-refractivity contribution >= 4 is 0 Å². The van der Waals surface area contributed by atoms with Crippen LogP contribution in [0.4, 0.5) is 0 Å². The molecular formula is C24H39N3. The first kappa shape index (κ1) is 19.4. The Morgan fingerprint density at radius 3 is 2.52 bits per heavy atom. The van der Waals surface area contributed by atoms with E-state index >= 15 is 0 Å². The molecule has 0 bridgehead atoms. The van der Waals surface area contributed by atoms with E-state index in [-0.39, 0.29) is 0 Å². The molecule has 0 aliphatic carbocycles. The van der Waals surface area contributed by atoms with Crippen LogP contribution in [-0.2, 0) is 6.54 Å². The van der Waals surface area contributed by atoms with Gasteiger partial charge in [-0.2, -0.15) is 0 Å². The van der Waals surface area contributed by atoms with Gasteiger partial charge in [0.2, 0.25) is 0 Å². The van der Waals surface area contributed by atoms with E-state index in [4.69, 9.17) is 0 Å². The fourth-order valence-corrected chi connectivity index (χ4v) is 5.68. The molecule has 27 heavy (non-hydrogen) atoms. The average molecular weight is 370 g/mol. The molecule has 3 saturated heterocycles. The molecule has 2 atom stereocenters. The molecule has 0 radical (unpaired) electrons. The highest BCUT2D eigenvalue weighted by atomic mass is 15.2. The molecule has 3 heterocycles. The van der Waals surface area contributed by atoms with E-state index in [0.29, 0.717) is 0 Å². The summed E-state index contributed by atoms with van der Waals surface area (Å²) >= 11 is 0. The monoisotopic (exact) mass is 369 g/mol. The molecule has 0 unspecified atom stereocenters. The van der Waals surface area contributed by atoms with Crippen molar-refractivity contribution in [1.82, 2.24) is 15.1 Å². The molecule has 150 valence electrons. The van der Waals surface area contributed by atoms with Gasteiger partial charge >= 0.3 is 0 Å². The molecular weight excluding hydrogens is 330 g/mol. The lowest BCUT2D eigenvalue weighted by Crippen LogP contribution is -2.50. The van der Waals surface area contributed by atoms with Gasteiger partial charge < -0.3 is 10.2 Å². The van der Waals surface area contributed by atoms with Gasteiger partial charge in [0, 0.05) is 12.6 Å². The largest absolute Gasteiger partial charge is 0.316 e. The van der Waals surface area contributed by atoms with Crippen molar-refractivity contribution in [2.24, 2.45) is 11.8 Å². The molecule has 3 heteroatoms. The quantitative estimate of drug-likeness (QED) is 0.729. The van der Waals surface area contributed by atoms with Crippen molar-refractivity contribution in [3.8, 4) is 0 Å². The third kappa shape index (κ3) is 5.56. The van der Waals surface area contributed by atoms with Gasteiger partial charge in [-0.15, -0.1) is 0 Å². The number of nitrogens with zero attached hydrogens (tertiary/aromatic N) is 2. The maximum atomic E-state index is 3.85. The second-order valence-electron chi connectivity index (χ2n) is 9.20. The van der Waals surface area contributed by atoms with E-state index in [1.54, 1.807) is 0 Å². The summed E-state index contributed by atoms with van der Waals surface area (Å²) in [5.41, 5.74) is 1.46. The van der Waals surface area contributed by atoms with Crippen LogP contribution >= 0.6 is 0 Å². The van der Waals surface area contributed by atoms with Gasteiger partial charge in [-0.05, 0) is 102 Å². The summed E-state index contributed by atoms with van der Waals surface area (Å²) in [6, 6.07) is 11.8. The number of nitrogens with one attached hydrogen (secondary N) is 1. The van der Waals surface area contributed by atoms with Crippen LogP contribution in [-0.4, -0.2) is 55.1 Å². The number of piperidine rings is 3. The smallest absolute Gasteiger partial charge is 0.0233 e.